The van der Waals surface area contributed by atoms with Gasteiger partial charge < -0.3 is 0 Å². The Bertz CT molecular complexity index is 1010. The van der Waals surface area contributed by atoms with Gasteiger partial charge in [-0.15, -0.1) is 0 Å². The van der Waals surface area contributed by atoms with Crippen LogP contribution in [-0.4, -0.2) is 0 Å². The van der Waals surface area contributed by atoms with Gasteiger partial charge >= 0.3 is 167 Å². The second-order valence-corrected chi connectivity index (χ2v) is 22.0. The van der Waals surface area contributed by atoms with Crippen LogP contribution in [0.5, 0.6) is 0 Å². The Labute approximate surface area is 166 Å². The number of halogens is 2. The zero-order valence-electron chi connectivity index (χ0n) is 14.4. The van der Waals surface area contributed by atoms with Gasteiger partial charge in [-0.1, -0.05) is 0 Å². The first-order valence-electron chi connectivity index (χ1n) is 8.93. The molecule has 0 saturated heterocycles. The van der Waals surface area contributed by atoms with E-state index in [9.17, 15) is 0 Å². The summed E-state index contributed by atoms with van der Waals surface area (Å²) in [5.74, 6) is 0. The van der Waals surface area contributed by atoms with E-state index in [1.807, 2.05) is 0 Å². The molecule has 0 saturated carbocycles. The van der Waals surface area contributed by atoms with Crippen molar-refractivity contribution in [2.45, 2.75) is 14.2 Å². The SMILES string of the molecule is CC1=C[CH]([Zr]([Cl])([Cl])[CH]2c3ccccc3-c3ccccc32)c2ccccc21. The van der Waals surface area contributed by atoms with Crippen LogP contribution in [0.2, 0.25) is 0 Å². The molecule has 128 valence electrons. The molecule has 0 heterocycles. The van der Waals surface area contributed by atoms with Crippen LogP contribution in [0.15, 0.2) is 78.9 Å². The standard InChI is InChI=1S/C13H9.C10H9.2ClH.Zr/c1-3-7-12-10(5-1)9-11-6-2-4-8-13(11)12;1-8-6-7-9-4-2-3-5-10(8)9;;;/h1-9H;2-7H,1H3;2*1H;/q;;;;+2/p-2. The summed E-state index contributed by atoms with van der Waals surface area (Å²) in [6.45, 7) is 2.17. The third kappa shape index (κ3) is 2.37. The number of fused-ring (bicyclic) bond motifs is 4. The predicted octanol–water partition coefficient (Wildman–Crippen LogP) is 7.38. The molecule has 0 radical (unpaired) electrons. The predicted molar refractivity (Wildman–Crippen MR) is 108 cm³/mol. The molecule has 0 spiro atoms. The summed E-state index contributed by atoms with van der Waals surface area (Å²) >= 11 is -3.69. The quantitative estimate of drug-likeness (QED) is 0.378. The molecule has 0 aromatic heterocycles. The Balaban J connectivity index is 1.71. The van der Waals surface area contributed by atoms with Gasteiger partial charge in [0.15, 0.2) is 0 Å². The van der Waals surface area contributed by atoms with Crippen molar-refractivity contribution in [3.05, 3.63) is 101 Å². The number of benzene rings is 3. The van der Waals surface area contributed by atoms with E-state index in [0.717, 1.165) is 0 Å². The summed E-state index contributed by atoms with van der Waals surface area (Å²) in [6.07, 6.45) is 2.32. The third-order valence-corrected chi connectivity index (χ3v) is 17.8. The van der Waals surface area contributed by atoms with Crippen LogP contribution in [0.4, 0.5) is 0 Å². The summed E-state index contributed by atoms with van der Waals surface area (Å²) in [7, 11) is 14.9. The second kappa shape index (κ2) is 6.20. The molecule has 2 aliphatic rings. The van der Waals surface area contributed by atoms with Gasteiger partial charge in [-0.25, -0.2) is 0 Å². The Morgan fingerprint density at radius 2 is 1.12 bits per heavy atom. The molecular formula is C23H18Cl2Zr. The van der Waals surface area contributed by atoms with Crippen molar-refractivity contribution in [3.63, 3.8) is 0 Å². The number of hydrogen-bond donors (Lipinski definition) is 0. The molecule has 5 rings (SSSR count). The first-order chi connectivity index (χ1) is 12.6. The average Bonchev–Trinajstić information content (AvgIpc) is 3.18. The molecular weight excluding hydrogens is 438 g/mol. The van der Waals surface area contributed by atoms with E-state index in [-0.39, 0.29) is 7.25 Å². The molecule has 0 N–H and O–H groups in total. The topological polar surface area (TPSA) is 0 Å². The summed E-state index contributed by atoms with van der Waals surface area (Å²) in [5, 5.41) is 0. The molecule has 3 aromatic carbocycles. The Morgan fingerprint density at radius 1 is 0.654 bits per heavy atom. The van der Waals surface area contributed by atoms with Gasteiger partial charge in [-0.3, -0.25) is 0 Å². The minimum absolute atomic E-state index is 0.153. The normalized spacial score (nSPS) is 18.3. The molecule has 0 fully saturated rings. The van der Waals surface area contributed by atoms with Gasteiger partial charge in [-0.05, 0) is 0 Å². The maximum absolute atomic E-state index is 7.43. The van der Waals surface area contributed by atoms with E-state index < -0.39 is 17.9 Å². The van der Waals surface area contributed by atoms with Crippen LogP contribution in [0.25, 0.3) is 16.7 Å². The Kier molecular flexibility index (Phi) is 4.05. The first kappa shape index (κ1) is 17.0. The van der Waals surface area contributed by atoms with Crippen LogP contribution >= 0.6 is 17.0 Å². The summed E-state index contributed by atoms with van der Waals surface area (Å²) in [6, 6.07) is 25.9. The second-order valence-electron chi connectivity index (χ2n) is 7.20. The third-order valence-electron chi connectivity index (χ3n) is 5.77. The molecule has 3 aromatic rings. The molecule has 0 amide bonds. The first-order valence-corrected chi connectivity index (χ1v) is 18.1. The van der Waals surface area contributed by atoms with E-state index in [1.165, 1.54) is 39.0 Å². The molecule has 0 bridgehead atoms. The fraction of sp³-hybridized carbons (Fsp3) is 0.130. The molecule has 1 atom stereocenters. The van der Waals surface area contributed by atoms with Crippen molar-refractivity contribution >= 4 is 22.6 Å². The fourth-order valence-corrected chi connectivity index (χ4v) is 16.5. The van der Waals surface area contributed by atoms with Crippen LogP contribution in [0.1, 0.15) is 36.4 Å². The Hall–Kier alpha value is -1.14. The molecule has 26 heavy (non-hydrogen) atoms. The van der Waals surface area contributed by atoms with Crippen molar-refractivity contribution in [2.75, 3.05) is 0 Å². The summed E-state index contributed by atoms with van der Waals surface area (Å²) in [5.41, 5.74) is 9.12. The number of allylic oxidation sites excluding steroid dienone is 2. The van der Waals surface area contributed by atoms with E-state index in [1.54, 1.807) is 0 Å². The number of rotatable bonds is 2. The van der Waals surface area contributed by atoms with Gasteiger partial charge in [0.1, 0.15) is 0 Å². The van der Waals surface area contributed by atoms with Crippen molar-refractivity contribution in [1.82, 2.24) is 0 Å². The van der Waals surface area contributed by atoms with Crippen molar-refractivity contribution in [3.8, 4) is 11.1 Å². The molecule has 3 heteroatoms. The van der Waals surface area contributed by atoms with E-state index in [0.29, 0.717) is 0 Å². The van der Waals surface area contributed by atoms with Gasteiger partial charge in [0.05, 0.1) is 0 Å². The monoisotopic (exact) mass is 454 g/mol. The van der Waals surface area contributed by atoms with E-state index in [4.69, 9.17) is 17.0 Å². The molecule has 0 aliphatic heterocycles. The van der Waals surface area contributed by atoms with Crippen molar-refractivity contribution < 1.29 is 17.9 Å². The van der Waals surface area contributed by atoms with Crippen LogP contribution in [0.3, 0.4) is 0 Å². The summed E-state index contributed by atoms with van der Waals surface area (Å²) in [4.78, 5) is 0. The zero-order chi connectivity index (χ0) is 17.9. The molecule has 2 aliphatic carbocycles. The molecule has 0 nitrogen and oxygen atoms in total. The van der Waals surface area contributed by atoms with Gasteiger partial charge in [0, 0.05) is 0 Å². The van der Waals surface area contributed by atoms with Gasteiger partial charge in [-0.2, -0.15) is 0 Å². The van der Waals surface area contributed by atoms with E-state index >= 15 is 0 Å². The minimum atomic E-state index is -3.69. The van der Waals surface area contributed by atoms with Crippen LogP contribution < -0.4 is 0 Å². The Morgan fingerprint density at radius 3 is 1.69 bits per heavy atom. The van der Waals surface area contributed by atoms with Crippen LogP contribution in [0, 0.1) is 0 Å². The van der Waals surface area contributed by atoms with Gasteiger partial charge in [0.25, 0.3) is 0 Å². The summed E-state index contributed by atoms with van der Waals surface area (Å²) < 4.78 is 0.327. The van der Waals surface area contributed by atoms with Gasteiger partial charge in [0.2, 0.25) is 0 Å². The van der Waals surface area contributed by atoms with Crippen molar-refractivity contribution in [2.24, 2.45) is 0 Å². The van der Waals surface area contributed by atoms with Crippen LogP contribution in [-0.2, 0) is 17.9 Å². The fourth-order valence-electron chi connectivity index (χ4n) is 4.63. The van der Waals surface area contributed by atoms with E-state index in [2.05, 4.69) is 85.8 Å². The van der Waals surface area contributed by atoms with Crippen molar-refractivity contribution in [1.29, 1.82) is 0 Å². The molecule has 1 unspecified atom stereocenters. The zero-order valence-corrected chi connectivity index (χ0v) is 18.4. The maximum atomic E-state index is 7.43. The number of hydrogen-bond acceptors (Lipinski definition) is 0. The average molecular weight is 457 g/mol.